The molecule has 0 spiro atoms. The van der Waals surface area contributed by atoms with Crippen molar-refractivity contribution in [1.29, 1.82) is 0 Å². The SMILES string of the molecule is CNCC(F)(F)c1cc(Br)cs1. The Balaban J connectivity index is 2.81. The van der Waals surface area contributed by atoms with Gasteiger partial charge in [0.2, 0.25) is 0 Å². The highest BCUT2D eigenvalue weighted by atomic mass is 79.9. The maximum absolute atomic E-state index is 13.1. The van der Waals surface area contributed by atoms with Gasteiger partial charge in [-0.2, -0.15) is 8.78 Å². The fourth-order valence-corrected chi connectivity index (χ4v) is 2.22. The highest BCUT2D eigenvalue weighted by Crippen LogP contribution is 2.33. The molecule has 1 rings (SSSR count). The molecule has 0 unspecified atom stereocenters. The van der Waals surface area contributed by atoms with Gasteiger partial charge >= 0.3 is 0 Å². The summed E-state index contributed by atoms with van der Waals surface area (Å²) in [7, 11) is 1.51. The number of hydrogen-bond acceptors (Lipinski definition) is 2. The van der Waals surface area contributed by atoms with Crippen molar-refractivity contribution in [1.82, 2.24) is 5.32 Å². The zero-order valence-corrected chi connectivity index (χ0v) is 8.81. The van der Waals surface area contributed by atoms with Gasteiger partial charge in [0.15, 0.2) is 0 Å². The van der Waals surface area contributed by atoms with Crippen LogP contribution in [0.1, 0.15) is 4.88 Å². The van der Waals surface area contributed by atoms with Crippen LogP contribution in [0.4, 0.5) is 8.78 Å². The highest BCUT2D eigenvalue weighted by Gasteiger charge is 2.31. The lowest BCUT2D eigenvalue weighted by Gasteiger charge is -2.12. The molecule has 0 aliphatic rings. The third kappa shape index (κ3) is 2.24. The van der Waals surface area contributed by atoms with Crippen molar-refractivity contribution < 1.29 is 8.78 Å². The molecule has 0 fully saturated rings. The standard InChI is InChI=1S/C7H8BrF2NS/c1-11-4-7(9,10)6-2-5(8)3-12-6/h2-3,11H,4H2,1H3. The predicted molar refractivity (Wildman–Crippen MR) is 49.8 cm³/mol. The first-order valence-electron chi connectivity index (χ1n) is 3.33. The molecule has 1 N–H and O–H groups in total. The molecule has 0 bridgehead atoms. The number of thiophene rings is 1. The van der Waals surface area contributed by atoms with E-state index in [4.69, 9.17) is 0 Å². The number of likely N-dealkylation sites (N-methyl/N-ethyl adjacent to an activating group) is 1. The molecule has 1 aromatic rings. The van der Waals surface area contributed by atoms with Crippen molar-refractivity contribution in [3.63, 3.8) is 0 Å². The molecule has 0 radical (unpaired) electrons. The molecular formula is C7H8BrF2NS. The number of halogens is 3. The Morgan fingerprint density at radius 2 is 2.33 bits per heavy atom. The summed E-state index contributed by atoms with van der Waals surface area (Å²) in [6, 6.07) is 1.45. The maximum Gasteiger partial charge on any atom is 0.294 e. The van der Waals surface area contributed by atoms with Gasteiger partial charge in [-0.1, -0.05) is 0 Å². The average Bonchev–Trinajstić information content (AvgIpc) is 2.36. The fraction of sp³-hybridized carbons (Fsp3) is 0.429. The Hall–Kier alpha value is -0.0000000000000000833. The minimum atomic E-state index is -2.76. The van der Waals surface area contributed by atoms with Gasteiger partial charge in [-0.15, -0.1) is 11.3 Å². The number of alkyl halides is 2. The maximum atomic E-state index is 13.1. The lowest BCUT2D eigenvalue weighted by Crippen LogP contribution is -2.27. The van der Waals surface area contributed by atoms with Crippen molar-refractivity contribution in [2.45, 2.75) is 5.92 Å². The topological polar surface area (TPSA) is 12.0 Å². The van der Waals surface area contributed by atoms with E-state index in [2.05, 4.69) is 21.2 Å². The van der Waals surface area contributed by atoms with Crippen LogP contribution in [0.15, 0.2) is 15.9 Å². The normalized spacial score (nSPS) is 12.0. The zero-order valence-electron chi connectivity index (χ0n) is 6.40. The number of hydrogen-bond donors (Lipinski definition) is 1. The lowest BCUT2D eigenvalue weighted by molar-refractivity contribution is 0.00259. The van der Waals surface area contributed by atoms with Crippen LogP contribution in [0.25, 0.3) is 0 Å². The third-order valence-corrected chi connectivity index (χ3v) is 3.13. The summed E-state index contributed by atoms with van der Waals surface area (Å²) in [6.07, 6.45) is 0. The van der Waals surface area contributed by atoms with E-state index in [1.807, 2.05) is 0 Å². The summed E-state index contributed by atoms with van der Waals surface area (Å²) in [5.41, 5.74) is 0. The van der Waals surface area contributed by atoms with Gasteiger partial charge in [0.25, 0.3) is 5.92 Å². The van der Waals surface area contributed by atoms with Crippen molar-refractivity contribution >= 4 is 27.3 Å². The van der Waals surface area contributed by atoms with Crippen LogP contribution >= 0.6 is 27.3 Å². The van der Waals surface area contributed by atoms with Crippen molar-refractivity contribution in [2.75, 3.05) is 13.6 Å². The van der Waals surface area contributed by atoms with E-state index in [0.717, 1.165) is 11.3 Å². The average molecular weight is 256 g/mol. The Kier molecular flexibility index (Phi) is 3.20. The fourth-order valence-electron chi connectivity index (χ4n) is 0.814. The summed E-state index contributed by atoms with van der Waals surface area (Å²) in [5.74, 6) is -2.76. The van der Waals surface area contributed by atoms with E-state index >= 15 is 0 Å². The second-order valence-electron chi connectivity index (χ2n) is 2.36. The molecule has 0 amide bonds. The highest BCUT2D eigenvalue weighted by molar-refractivity contribution is 9.10. The number of nitrogens with one attached hydrogen (secondary N) is 1. The van der Waals surface area contributed by atoms with Crippen molar-refractivity contribution in [2.24, 2.45) is 0 Å². The van der Waals surface area contributed by atoms with Crippen LogP contribution in [0.2, 0.25) is 0 Å². The molecule has 1 heterocycles. The van der Waals surface area contributed by atoms with Crippen LogP contribution < -0.4 is 5.32 Å². The van der Waals surface area contributed by atoms with Gasteiger partial charge < -0.3 is 5.32 Å². The van der Waals surface area contributed by atoms with Crippen LogP contribution in [0.3, 0.4) is 0 Å². The van der Waals surface area contributed by atoms with Gasteiger partial charge in [-0.05, 0) is 29.0 Å². The quantitative estimate of drug-likeness (QED) is 0.876. The molecule has 68 valence electrons. The van der Waals surface area contributed by atoms with E-state index in [0.29, 0.717) is 4.47 Å². The molecule has 0 aliphatic carbocycles. The minimum absolute atomic E-state index is 0.0868. The Bertz CT molecular complexity index is 262. The molecule has 0 aliphatic heterocycles. The first kappa shape index (κ1) is 10.1. The van der Waals surface area contributed by atoms with Crippen molar-refractivity contribution in [3.8, 4) is 0 Å². The first-order chi connectivity index (χ1) is 5.56. The third-order valence-electron chi connectivity index (χ3n) is 1.33. The molecule has 1 aromatic heterocycles. The zero-order chi connectivity index (χ0) is 9.19. The summed E-state index contributed by atoms with van der Waals surface area (Å²) in [5, 5.41) is 4.11. The molecule has 0 atom stereocenters. The van der Waals surface area contributed by atoms with E-state index in [1.54, 1.807) is 5.38 Å². The summed E-state index contributed by atoms with van der Waals surface area (Å²) >= 11 is 4.19. The second-order valence-corrected chi connectivity index (χ2v) is 4.19. The Labute approximate surface area is 81.9 Å². The molecule has 0 saturated heterocycles. The molecule has 1 nitrogen and oxygen atoms in total. The molecule has 12 heavy (non-hydrogen) atoms. The van der Waals surface area contributed by atoms with E-state index in [9.17, 15) is 8.78 Å². The largest absolute Gasteiger partial charge is 0.314 e. The van der Waals surface area contributed by atoms with Gasteiger partial charge in [0, 0.05) is 9.85 Å². The number of rotatable bonds is 3. The second kappa shape index (κ2) is 3.81. The minimum Gasteiger partial charge on any atom is -0.314 e. The van der Waals surface area contributed by atoms with E-state index in [-0.39, 0.29) is 11.4 Å². The van der Waals surface area contributed by atoms with Crippen molar-refractivity contribution in [3.05, 3.63) is 20.8 Å². The predicted octanol–water partition coefficient (Wildman–Crippen LogP) is 2.82. The molecule has 5 heteroatoms. The Morgan fingerprint density at radius 3 is 2.75 bits per heavy atom. The smallest absolute Gasteiger partial charge is 0.294 e. The van der Waals surface area contributed by atoms with E-state index in [1.165, 1.54) is 13.1 Å². The van der Waals surface area contributed by atoms with E-state index < -0.39 is 5.92 Å². The van der Waals surface area contributed by atoms with Gasteiger partial charge in [-0.3, -0.25) is 0 Å². The summed E-state index contributed by atoms with van der Waals surface area (Å²) < 4.78 is 26.9. The van der Waals surface area contributed by atoms with Gasteiger partial charge in [-0.25, -0.2) is 0 Å². The monoisotopic (exact) mass is 255 g/mol. The molecular weight excluding hydrogens is 248 g/mol. The molecule has 0 saturated carbocycles. The van der Waals surface area contributed by atoms with Crippen LogP contribution in [-0.4, -0.2) is 13.6 Å². The van der Waals surface area contributed by atoms with Crippen LogP contribution in [0, 0.1) is 0 Å². The Morgan fingerprint density at radius 1 is 1.67 bits per heavy atom. The first-order valence-corrected chi connectivity index (χ1v) is 5.00. The lowest BCUT2D eigenvalue weighted by atomic mass is 10.3. The van der Waals surface area contributed by atoms with Gasteiger partial charge in [0.05, 0.1) is 11.4 Å². The molecule has 0 aromatic carbocycles. The summed E-state index contributed by atoms with van der Waals surface area (Å²) in [6.45, 7) is -0.319. The van der Waals surface area contributed by atoms with Gasteiger partial charge in [0.1, 0.15) is 0 Å². The van der Waals surface area contributed by atoms with Crippen LogP contribution in [-0.2, 0) is 5.92 Å². The summed E-state index contributed by atoms with van der Waals surface area (Å²) in [4.78, 5) is 0.0868. The van der Waals surface area contributed by atoms with Crippen LogP contribution in [0.5, 0.6) is 0 Å².